The number of hydrazone groups is 1. The van der Waals surface area contributed by atoms with Gasteiger partial charge in [0.15, 0.2) is 11.5 Å². The Hall–Kier alpha value is -2.60. The van der Waals surface area contributed by atoms with E-state index in [0.717, 1.165) is 0 Å². The van der Waals surface area contributed by atoms with Gasteiger partial charge in [-0.2, -0.15) is 5.10 Å². The van der Waals surface area contributed by atoms with Gasteiger partial charge in [-0.05, 0) is 24.3 Å². The van der Waals surface area contributed by atoms with Gasteiger partial charge in [-0.1, -0.05) is 11.6 Å². The van der Waals surface area contributed by atoms with Crippen LogP contribution in [0.2, 0.25) is 5.02 Å². The van der Waals surface area contributed by atoms with E-state index in [9.17, 15) is 9.90 Å². The number of ether oxygens (including phenoxy) is 1. The predicted octanol–water partition coefficient (Wildman–Crippen LogP) is 2.21. The summed E-state index contributed by atoms with van der Waals surface area (Å²) in [5.74, 6) is -0.313. The third kappa shape index (κ3) is 3.49. The first-order valence-electron chi connectivity index (χ1n) is 5.92. The molecule has 1 amide bonds. The number of aromatic nitrogens is 1. The molecule has 2 rings (SSSR count). The van der Waals surface area contributed by atoms with Crippen LogP contribution in [0.4, 0.5) is 0 Å². The van der Waals surface area contributed by atoms with Crippen LogP contribution >= 0.6 is 11.6 Å². The maximum Gasteiger partial charge on any atom is 0.272 e. The Labute approximate surface area is 126 Å². The number of hydrogen-bond donors (Lipinski definition) is 2. The number of phenols is 1. The Kier molecular flexibility index (Phi) is 4.73. The molecule has 0 fully saturated rings. The van der Waals surface area contributed by atoms with Crippen LogP contribution in [-0.2, 0) is 0 Å². The van der Waals surface area contributed by atoms with Gasteiger partial charge in [-0.25, -0.2) is 5.43 Å². The number of aromatic hydroxyl groups is 1. The molecular formula is C14H12ClN3O3. The number of benzene rings is 1. The van der Waals surface area contributed by atoms with Gasteiger partial charge in [-0.3, -0.25) is 9.78 Å². The lowest BCUT2D eigenvalue weighted by Crippen LogP contribution is -2.17. The summed E-state index contributed by atoms with van der Waals surface area (Å²) in [6.07, 6.45) is 4.33. The molecule has 7 heteroatoms. The van der Waals surface area contributed by atoms with E-state index >= 15 is 0 Å². The summed E-state index contributed by atoms with van der Waals surface area (Å²) in [4.78, 5) is 15.6. The smallest absolute Gasteiger partial charge is 0.272 e. The van der Waals surface area contributed by atoms with Crippen molar-refractivity contribution in [3.05, 3.63) is 52.8 Å². The van der Waals surface area contributed by atoms with E-state index in [4.69, 9.17) is 16.3 Å². The van der Waals surface area contributed by atoms with Crippen LogP contribution in [0.1, 0.15) is 15.9 Å². The van der Waals surface area contributed by atoms with Crippen molar-refractivity contribution in [3.63, 3.8) is 0 Å². The molecule has 1 heterocycles. The maximum absolute atomic E-state index is 11.7. The Morgan fingerprint density at radius 3 is 2.95 bits per heavy atom. The first-order valence-corrected chi connectivity index (χ1v) is 6.30. The fourth-order valence-corrected chi connectivity index (χ4v) is 1.75. The number of amides is 1. The van der Waals surface area contributed by atoms with Crippen LogP contribution in [0.3, 0.4) is 0 Å². The third-order valence-electron chi connectivity index (χ3n) is 2.62. The molecule has 2 N–H and O–H groups in total. The molecule has 6 nitrogen and oxygen atoms in total. The number of nitrogens with zero attached hydrogens (tertiary/aromatic N) is 2. The van der Waals surface area contributed by atoms with Crippen LogP contribution in [0.25, 0.3) is 0 Å². The molecule has 108 valence electrons. The van der Waals surface area contributed by atoms with Crippen molar-refractivity contribution in [3.8, 4) is 11.5 Å². The van der Waals surface area contributed by atoms with E-state index < -0.39 is 5.91 Å². The number of carbonyl (C=O) groups is 1. The minimum atomic E-state index is -0.395. The first kappa shape index (κ1) is 14.8. The van der Waals surface area contributed by atoms with Gasteiger partial charge in [0, 0.05) is 18.0 Å². The highest BCUT2D eigenvalue weighted by molar-refractivity contribution is 6.34. The van der Waals surface area contributed by atoms with Crippen molar-refractivity contribution in [1.82, 2.24) is 10.4 Å². The molecule has 0 atom stereocenters. The lowest BCUT2D eigenvalue weighted by molar-refractivity contribution is 0.0955. The zero-order valence-corrected chi connectivity index (χ0v) is 11.8. The van der Waals surface area contributed by atoms with E-state index in [0.29, 0.717) is 11.1 Å². The zero-order valence-electron chi connectivity index (χ0n) is 11.1. The molecule has 0 bridgehead atoms. The highest BCUT2D eigenvalue weighted by Gasteiger charge is 2.10. The molecule has 21 heavy (non-hydrogen) atoms. The summed E-state index contributed by atoms with van der Waals surface area (Å²) in [5, 5.41) is 13.6. The minimum Gasteiger partial charge on any atom is -0.503 e. The van der Waals surface area contributed by atoms with Crippen LogP contribution < -0.4 is 10.2 Å². The number of phenolic OH excluding ortho intramolecular Hbond substituents is 1. The largest absolute Gasteiger partial charge is 0.503 e. The van der Waals surface area contributed by atoms with E-state index in [1.165, 1.54) is 19.5 Å². The van der Waals surface area contributed by atoms with Crippen molar-refractivity contribution in [2.24, 2.45) is 5.10 Å². The van der Waals surface area contributed by atoms with E-state index in [2.05, 4.69) is 15.5 Å². The van der Waals surface area contributed by atoms with Gasteiger partial charge < -0.3 is 9.84 Å². The van der Waals surface area contributed by atoms with Crippen molar-refractivity contribution in [2.45, 2.75) is 0 Å². The molecule has 0 saturated carbocycles. The Bertz CT molecular complexity index is 675. The monoisotopic (exact) mass is 305 g/mol. The van der Waals surface area contributed by atoms with Crippen molar-refractivity contribution in [2.75, 3.05) is 7.11 Å². The van der Waals surface area contributed by atoms with E-state index in [1.807, 2.05) is 0 Å². The number of pyridine rings is 1. The minimum absolute atomic E-state index is 0.0914. The third-order valence-corrected chi connectivity index (χ3v) is 3.02. The molecular weight excluding hydrogens is 294 g/mol. The lowest BCUT2D eigenvalue weighted by Gasteiger charge is -2.06. The summed E-state index contributed by atoms with van der Waals surface area (Å²) < 4.78 is 4.93. The van der Waals surface area contributed by atoms with Crippen LogP contribution in [0, 0.1) is 0 Å². The molecule has 0 saturated heterocycles. The quantitative estimate of drug-likeness (QED) is 0.670. The van der Waals surface area contributed by atoms with E-state index in [-0.39, 0.29) is 16.5 Å². The average molecular weight is 306 g/mol. The second-order valence-electron chi connectivity index (χ2n) is 3.96. The lowest BCUT2D eigenvalue weighted by atomic mass is 10.2. The average Bonchev–Trinajstić information content (AvgIpc) is 2.52. The van der Waals surface area contributed by atoms with Gasteiger partial charge >= 0.3 is 0 Å². The fraction of sp³-hybridized carbons (Fsp3) is 0.0714. The molecule has 0 radical (unpaired) electrons. The Morgan fingerprint density at radius 2 is 2.29 bits per heavy atom. The number of nitrogens with one attached hydrogen (secondary N) is 1. The van der Waals surface area contributed by atoms with Gasteiger partial charge in [0.25, 0.3) is 5.91 Å². The maximum atomic E-state index is 11.7. The van der Waals surface area contributed by atoms with Crippen LogP contribution in [0.5, 0.6) is 11.5 Å². The number of methoxy groups -OCH3 is 1. The molecule has 0 spiro atoms. The normalized spacial score (nSPS) is 10.6. The van der Waals surface area contributed by atoms with Crippen molar-refractivity contribution in [1.29, 1.82) is 0 Å². The first-order chi connectivity index (χ1) is 10.1. The SMILES string of the molecule is COc1ccc(/C=N\NC(=O)c2cccnc2)c(Cl)c1O. The van der Waals surface area contributed by atoms with Gasteiger partial charge in [0.2, 0.25) is 0 Å². The molecule has 0 aliphatic heterocycles. The number of hydrogen-bond acceptors (Lipinski definition) is 5. The second kappa shape index (κ2) is 6.71. The second-order valence-corrected chi connectivity index (χ2v) is 4.34. The molecule has 1 aromatic heterocycles. The van der Waals surface area contributed by atoms with Gasteiger partial charge in [0.05, 0.1) is 23.9 Å². The number of carbonyl (C=O) groups excluding carboxylic acids is 1. The molecule has 1 aromatic carbocycles. The Balaban J connectivity index is 2.09. The summed E-state index contributed by atoms with van der Waals surface area (Å²) in [6, 6.07) is 6.42. The Morgan fingerprint density at radius 1 is 1.48 bits per heavy atom. The van der Waals surface area contributed by atoms with E-state index in [1.54, 1.807) is 30.5 Å². The van der Waals surface area contributed by atoms with Crippen molar-refractivity contribution < 1.29 is 14.6 Å². The zero-order chi connectivity index (χ0) is 15.2. The standard InChI is InChI=1S/C14H12ClN3O3/c1-21-11-5-4-9(12(15)13(11)19)8-17-18-14(20)10-3-2-6-16-7-10/h2-8,19H,1H3,(H,18,20)/b17-8-. The topological polar surface area (TPSA) is 83.8 Å². The number of halogens is 1. The summed E-state index contributed by atoms with van der Waals surface area (Å²) in [7, 11) is 1.42. The predicted molar refractivity (Wildman–Crippen MR) is 79.0 cm³/mol. The summed E-state index contributed by atoms with van der Waals surface area (Å²) in [6.45, 7) is 0. The molecule has 2 aromatic rings. The number of rotatable bonds is 4. The summed E-state index contributed by atoms with van der Waals surface area (Å²) >= 11 is 5.97. The molecule has 0 unspecified atom stereocenters. The highest BCUT2D eigenvalue weighted by Crippen LogP contribution is 2.35. The molecule has 0 aliphatic rings. The van der Waals surface area contributed by atoms with Crippen LogP contribution in [-0.4, -0.2) is 29.3 Å². The molecule has 0 aliphatic carbocycles. The highest BCUT2D eigenvalue weighted by atomic mass is 35.5. The summed E-state index contributed by atoms with van der Waals surface area (Å²) in [5.41, 5.74) is 3.17. The van der Waals surface area contributed by atoms with Crippen LogP contribution in [0.15, 0.2) is 41.8 Å². The van der Waals surface area contributed by atoms with Gasteiger partial charge in [-0.15, -0.1) is 0 Å². The van der Waals surface area contributed by atoms with Crippen molar-refractivity contribution >= 4 is 23.7 Å². The fourth-order valence-electron chi connectivity index (χ4n) is 1.55. The van der Waals surface area contributed by atoms with Gasteiger partial charge in [0.1, 0.15) is 0 Å².